The molecule has 1 heterocycles. The first-order chi connectivity index (χ1) is 14.1. The molecule has 3 N–H and O–H groups in total. The Morgan fingerprint density at radius 1 is 0.724 bits per heavy atom. The summed E-state index contributed by atoms with van der Waals surface area (Å²) in [6.07, 6.45) is 22.6. The molecule has 0 radical (unpaired) electrons. The predicted octanol–water partition coefficient (Wildman–Crippen LogP) is 5.45. The SMILES string of the molecule is CCCCCCCCCCCCCCCCCCN=Cc1c(O)[nH]c(=O)[nH]c1=O. The van der Waals surface area contributed by atoms with Crippen LogP contribution in [0.4, 0.5) is 0 Å². The highest BCUT2D eigenvalue weighted by atomic mass is 16.3. The van der Waals surface area contributed by atoms with E-state index in [1.54, 1.807) is 0 Å². The Balaban J connectivity index is 1.88. The summed E-state index contributed by atoms with van der Waals surface area (Å²) in [5.41, 5.74) is -1.34. The lowest BCUT2D eigenvalue weighted by Gasteiger charge is -2.03. The number of aromatic hydroxyl groups is 1. The summed E-state index contributed by atoms with van der Waals surface area (Å²) in [6.45, 7) is 2.89. The number of nitrogens with one attached hydrogen (secondary N) is 2. The zero-order valence-corrected chi connectivity index (χ0v) is 18.3. The van der Waals surface area contributed by atoms with Gasteiger partial charge in [-0.1, -0.05) is 103 Å². The summed E-state index contributed by atoms with van der Waals surface area (Å²) < 4.78 is 0. The van der Waals surface area contributed by atoms with E-state index in [9.17, 15) is 14.7 Å². The lowest BCUT2D eigenvalue weighted by atomic mass is 10.0. The summed E-state index contributed by atoms with van der Waals surface area (Å²) in [4.78, 5) is 30.9. The summed E-state index contributed by atoms with van der Waals surface area (Å²) in [5, 5.41) is 9.55. The molecule has 0 atom stereocenters. The first-order valence-corrected chi connectivity index (χ1v) is 11.7. The van der Waals surface area contributed by atoms with Crippen LogP contribution in [0.2, 0.25) is 0 Å². The van der Waals surface area contributed by atoms with Crippen molar-refractivity contribution in [1.29, 1.82) is 0 Å². The maximum Gasteiger partial charge on any atom is 0.328 e. The Kier molecular flexibility index (Phi) is 14.8. The van der Waals surface area contributed by atoms with E-state index in [1.807, 2.05) is 0 Å². The van der Waals surface area contributed by atoms with Crippen LogP contribution in [0.1, 0.15) is 115 Å². The van der Waals surface area contributed by atoms with E-state index in [4.69, 9.17) is 0 Å². The maximum atomic E-state index is 11.5. The Hall–Kier alpha value is -1.85. The van der Waals surface area contributed by atoms with Crippen LogP contribution in [0.3, 0.4) is 0 Å². The molecule has 1 aromatic heterocycles. The van der Waals surface area contributed by atoms with Crippen molar-refractivity contribution in [2.24, 2.45) is 4.99 Å². The fraction of sp³-hybridized carbons (Fsp3) is 0.783. The molecule has 0 saturated heterocycles. The van der Waals surface area contributed by atoms with Crippen LogP contribution in [0.25, 0.3) is 0 Å². The number of H-pyrrole nitrogens is 2. The van der Waals surface area contributed by atoms with Crippen molar-refractivity contribution in [3.63, 3.8) is 0 Å². The number of nitrogens with zero attached hydrogens (tertiary/aromatic N) is 1. The molecular formula is C23H41N3O3. The lowest BCUT2D eigenvalue weighted by molar-refractivity contribution is 0.447. The van der Waals surface area contributed by atoms with Gasteiger partial charge in [-0.15, -0.1) is 0 Å². The zero-order chi connectivity index (χ0) is 21.2. The van der Waals surface area contributed by atoms with Gasteiger partial charge < -0.3 is 5.11 Å². The second-order valence-corrected chi connectivity index (χ2v) is 8.01. The molecule has 1 rings (SSSR count). The second-order valence-electron chi connectivity index (χ2n) is 8.01. The van der Waals surface area contributed by atoms with Gasteiger partial charge >= 0.3 is 5.69 Å². The maximum absolute atomic E-state index is 11.5. The van der Waals surface area contributed by atoms with Gasteiger partial charge in [0.25, 0.3) is 5.56 Å². The van der Waals surface area contributed by atoms with Gasteiger partial charge in [0.05, 0.1) is 0 Å². The number of aliphatic imine (C=N–C) groups is 1. The molecule has 0 unspecified atom stereocenters. The highest BCUT2D eigenvalue weighted by Crippen LogP contribution is 2.13. The Labute approximate surface area is 175 Å². The van der Waals surface area contributed by atoms with Gasteiger partial charge in [0, 0.05) is 12.8 Å². The highest BCUT2D eigenvalue weighted by molar-refractivity contribution is 5.81. The molecule has 29 heavy (non-hydrogen) atoms. The van der Waals surface area contributed by atoms with E-state index in [1.165, 1.54) is 96.1 Å². The smallest absolute Gasteiger partial charge is 0.328 e. The van der Waals surface area contributed by atoms with E-state index in [0.29, 0.717) is 6.54 Å². The summed E-state index contributed by atoms with van der Waals surface area (Å²) in [7, 11) is 0. The molecule has 0 aliphatic carbocycles. The Bertz CT molecular complexity index is 664. The molecule has 0 amide bonds. The molecule has 0 aromatic carbocycles. The quantitative estimate of drug-likeness (QED) is 0.223. The lowest BCUT2D eigenvalue weighted by Crippen LogP contribution is -2.24. The third kappa shape index (κ3) is 13.1. The van der Waals surface area contributed by atoms with Crippen LogP contribution in [0.15, 0.2) is 14.6 Å². The average molecular weight is 408 g/mol. The summed E-state index contributed by atoms with van der Waals surface area (Å²) in [5.74, 6) is -0.436. The molecule has 0 saturated carbocycles. The monoisotopic (exact) mass is 407 g/mol. The molecule has 0 aliphatic rings. The third-order valence-electron chi connectivity index (χ3n) is 5.32. The molecule has 6 heteroatoms. The van der Waals surface area contributed by atoms with Crippen molar-refractivity contribution in [2.75, 3.05) is 6.54 Å². The van der Waals surface area contributed by atoms with Gasteiger partial charge in [-0.2, -0.15) is 0 Å². The van der Waals surface area contributed by atoms with Crippen LogP contribution >= 0.6 is 0 Å². The fourth-order valence-corrected chi connectivity index (χ4v) is 3.51. The molecule has 0 aliphatic heterocycles. The highest BCUT2D eigenvalue weighted by Gasteiger charge is 2.04. The van der Waals surface area contributed by atoms with Gasteiger partial charge in [-0.25, -0.2) is 4.79 Å². The van der Waals surface area contributed by atoms with Gasteiger partial charge in [-0.3, -0.25) is 19.8 Å². The van der Waals surface area contributed by atoms with E-state index < -0.39 is 17.1 Å². The predicted molar refractivity (Wildman–Crippen MR) is 121 cm³/mol. The third-order valence-corrected chi connectivity index (χ3v) is 5.32. The normalized spacial score (nSPS) is 11.5. The molecule has 0 fully saturated rings. The van der Waals surface area contributed by atoms with Crippen molar-refractivity contribution >= 4 is 6.21 Å². The molecule has 1 aromatic rings. The minimum absolute atomic E-state index is 0.00101. The molecule has 0 bridgehead atoms. The van der Waals surface area contributed by atoms with Gasteiger partial charge in [0.2, 0.25) is 5.88 Å². The molecule has 0 spiro atoms. The number of hydrogen-bond acceptors (Lipinski definition) is 4. The number of aromatic nitrogens is 2. The van der Waals surface area contributed by atoms with E-state index in [0.717, 1.165) is 12.8 Å². The van der Waals surface area contributed by atoms with E-state index in [2.05, 4.69) is 21.9 Å². The molecular weight excluding hydrogens is 366 g/mol. The first-order valence-electron chi connectivity index (χ1n) is 11.7. The van der Waals surface area contributed by atoms with Crippen molar-refractivity contribution in [3.05, 3.63) is 26.4 Å². The van der Waals surface area contributed by atoms with E-state index in [-0.39, 0.29) is 5.56 Å². The average Bonchev–Trinajstić information content (AvgIpc) is 2.68. The largest absolute Gasteiger partial charge is 0.494 e. The summed E-state index contributed by atoms with van der Waals surface area (Å²) in [6, 6.07) is 0. The number of rotatable bonds is 18. The van der Waals surface area contributed by atoms with Crippen LogP contribution < -0.4 is 11.2 Å². The van der Waals surface area contributed by atoms with Crippen LogP contribution in [-0.2, 0) is 0 Å². The standard InChI is InChI=1S/C23H41N3O3/c1-2-3-4-5-6-7-8-9-10-11-12-13-14-15-16-17-18-24-19-20-21(27)25-23(29)26-22(20)28/h19H,2-18H2,1H3,(H3,25,26,27,28,29). The van der Waals surface area contributed by atoms with Crippen LogP contribution in [0, 0.1) is 0 Å². The van der Waals surface area contributed by atoms with Gasteiger partial charge in [0.1, 0.15) is 5.56 Å². The second kappa shape index (κ2) is 17.0. The molecule has 166 valence electrons. The van der Waals surface area contributed by atoms with Crippen molar-refractivity contribution in [3.8, 4) is 5.88 Å². The minimum atomic E-state index is -0.720. The molecule has 6 nitrogen and oxygen atoms in total. The van der Waals surface area contributed by atoms with Crippen molar-refractivity contribution < 1.29 is 5.11 Å². The van der Waals surface area contributed by atoms with Crippen LogP contribution in [-0.4, -0.2) is 27.8 Å². The topological polar surface area (TPSA) is 98.3 Å². The van der Waals surface area contributed by atoms with Gasteiger partial charge in [-0.05, 0) is 6.42 Å². The van der Waals surface area contributed by atoms with Gasteiger partial charge in [0.15, 0.2) is 0 Å². The Morgan fingerprint density at radius 2 is 1.17 bits per heavy atom. The fourth-order valence-electron chi connectivity index (χ4n) is 3.51. The number of unbranched alkanes of at least 4 members (excludes halogenated alkanes) is 15. The summed E-state index contributed by atoms with van der Waals surface area (Å²) >= 11 is 0. The first kappa shape index (κ1) is 25.2. The van der Waals surface area contributed by atoms with Crippen molar-refractivity contribution in [2.45, 2.75) is 110 Å². The van der Waals surface area contributed by atoms with E-state index >= 15 is 0 Å². The van der Waals surface area contributed by atoms with Crippen molar-refractivity contribution in [1.82, 2.24) is 9.97 Å². The zero-order valence-electron chi connectivity index (χ0n) is 18.3. The minimum Gasteiger partial charge on any atom is -0.494 e. The number of hydrogen-bond donors (Lipinski definition) is 3. The number of aromatic amines is 2. The van der Waals surface area contributed by atoms with Crippen LogP contribution in [0.5, 0.6) is 5.88 Å². The Morgan fingerprint density at radius 3 is 1.62 bits per heavy atom.